The van der Waals surface area contributed by atoms with Crippen molar-refractivity contribution in [3.05, 3.63) is 42.4 Å². The second-order valence-electron chi connectivity index (χ2n) is 5.30. The Labute approximate surface area is 117 Å². The van der Waals surface area contributed by atoms with Crippen molar-refractivity contribution in [1.29, 1.82) is 0 Å². The van der Waals surface area contributed by atoms with E-state index in [1.54, 1.807) is 0 Å². The monoisotopic (exact) mass is 267 g/mol. The van der Waals surface area contributed by atoms with Gasteiger partial charge in [0.1, 0.15) is 17.2 Å². The van der Waals surface area contributed by atoms with Gasteiger partial charge in [-0.15, -0.1) is 0 Å². The van der Waals surface area contributed by atoms with Gasteiger partial charge in [0.2, 0.25) is 0 Å². The highest BCUT2D eigenvalue weighted by Gasteiger charge is 2.10. The molecule has 5 heteroatoms. The van der Waals surface area contributed by atoms with E-state index in [0.717, 1.165) is 23.5 Å². The zero-order chi connectivity index (χ0) is 14.1. The van der Waals surface area contributed by atoms with Crippen LogP contribution in [-0.2, 0) is 6.42 Å². The molecule has 0 unspecified atom stereocenters. The summed E-state index contributed by atoms with van der Waals surface area (Å²) in [5.74, 6) is 1.60. The topological polar surface area (TPSA) is 69.1 Å². The minimum Gasteiger partial charge on any atom is -0.384 e. The van der Waals surface area contributed by atoms with Gasteiger partial charge in [-0.2, -0.15) is 0 Å². The molecule has 0 aromatic carbocycles. The van der Waals surface area contributed by atoms with E-state index in [0.29, 0.717) is 17.6 Å². The third kappa shape index (κ3) is 2.47. The molecule has 0 fully saturated rings. The van der Waals surface area contributed by atoms with Crippen LogP contribution in [0.25, 0.3) is 17.2 Å². The highest BCUT2D eigenvalue weighted by Crippen LogP contribution is 2.18. The SMILES string of the molecule is CC(C)Cc1cc(N)nc(-c2cn3ccccc3n2)n1. The lowest BCUT2D eigenvalue weighted by molar-refractivity contribution is 0.635. The summed E-state index contributed by atoms with van der Waals surface area (Å²) in [4.78, 5) is 13.4. The molecule has 0 saturated heterocycles. The predicted molar refractivity (Wildman–Crippen MR) is 79.2 cm³/mol. The highest BCUT2D eigenvalue weighted by molar-refractivity contribution is 5.57. The normalized spacial score (nSPS) is 11.3. The van der Waals surface area contributed by atoms with Crippen LogP contribution in [-0.4, -0.2) is 19.4 Å². The molecule has 0 atom stereocenters. The fraction of sp³-hybridized carbons (Fsp3) is 0.267. The summed E-state index contributed by atoms with van der Waals surface area (Å²) in [5.41, 5.74) is 8.46. The van der Waals surface area contributed by atoms with E-state index in [9.17, 15) is 0 Å². The Kier molecular flexibility index (Phi) is 3.10. The van der Waals surface area contributed by atoms with E-state index in [-0.39, 0.29) is 0 Å². The van der Waals surface area contributed by atoms with Crippen LogP contribution < -0.4 is 5.73 Å². The molecule has 0 aliphatic heterocycles. The number of nitrogens with zero attached hydrogens (tertiary/aromatic N) is 4. The molecule has 0 amide bonds. The van der Waals surface area contributed by atoms with Gasteiger partial charge in [0.25, 0.3) is 0 Å². The summed E-state index contributed by atoms with van der Waals surface area (Å²) in [6.45, 7) is 4.31. The van der Waals surface area contributed by atoms with Gasteiger partial charge in [-0.3, -0.25) is 0 Å². The number of imidazole rings is 1. The second-order valence-corrected chi connectivity index (χ2v) is 5.30. The quantitative estimate of drug-likeness (QED) is 0.791. The highest BCUT2D eigenvalue weighted by atomic mass is 15.0. The van der Waals surface area contributed by atoms with Crippen molar-refractivity contribution in [3.63, 3.8) is 0 Å². The molecular weight excluding hydrogens is 250 g/mol. The number of hydrogen-bond acceptors (Lipinski definition) is 4. The molecule has 3 aromatic heterocycles. The minimum atomic E-state index is 0.489. The zero-order valence-corrected chi connectivity index (χ0v) is 11.6. The largest absolute Gasteiger partial charge is 0.384 e. The van der Waals surface area contributed by atoms with E-state index < -0.39 is 0 Å². The summed E-state index contributed by atoms with van der Waals surface area (Å²) >= 11 is 0. The maximum atomic E-state index is 5.88. The first-order chi connectivity index (χ1) is 9.61. The van der Waals surface area contributed by atoms with Crippen molar-refractivity contribution in [1.82, 2.24) is 19.4 Å². The van der Waals surface area contributed by atoms with E-state index in [4.69, 9.17) is 5.73 Å². The molecule has 3 aromatic rings. The first-order valence-electron chi connectivity index (χ1n) is 6.69. The summed E-state index contributed by atoms with van der Waals surface area (Å²) in [6, 6.07) is 7.70. The Morgan fingerprint density at radius 3 is 2.80 bits per heavy atom. The molecule has 2 N–H and O–H groups in total. The van der Waals surface area contributed by atoms with E-state index in [1.807, 2.05) is 41.1 Å². The van der Waals surface area contributed by atoms with E-state index in [1.165, 1.54) is 0 Å². The van der Waals surface area contributed by atoms with Crippen molar-refractivity contribution in [2.75, 3.05) is 5.73 Å². The molecule has 20 heavy (non-hydrogen) atoms. The number of fused-ring (bicyclic) bond motifs is 1. The van der Waals surface area contributed by atoms with Gasteiger partial charge in [0.15, 0.2) is 5.82 Å². The third-order valence-corrected chi connectivity index (χ3v) is 3.01. The Hall–Kier alpha value is -2.43. The average molecular weight is 267 g/mol. The third-order valence-electron chi connectivity index (χ3n) is 3.01. The Balaban J connectivity index is 2.06. The fourth-order valence-electron chi connectivity index (χ4n) is 2.20. The van der Waals surface area contributed by atoms with Crippen LogP contribution in [0, 0.1) is 5.92 Å². The van der Waals surface area contributed by atoms with Crippen LogP contribution in [0.3, 0.4) is 0 Å². The number of hydrogen-bond donors (Lipinski definition) is 1. The summed E-state index contributed by atoms with van der Waals surface area (Å²) in [6.07, 6.45) is 4.75. The van der Waals surface area contributed by atoms with Crippen molar-refractivity contribution < 1.29 is 0 Å². The van der Waals surface area contributed by atoms with Crippen LogP contribution in [0.15, 0.2) is 36.7 Å². The van der Waals surface area contributed by atoms with Gasteiger partial charge in [-0.25, -0.2) is 15.0 Å². The molecule has 5 nitrogen and oxygen atoms in total. The van der Waals surface area contributed by atoms with Crippen molar-refractivity contribution in [2.45, 2.75) is 20.3 Å². The number of aromatic nitrogens is 4. The number of rotatable bonds is 3. The predicted octanol–water partition coefficient (Wildman–Crippen LogP) is 2.57. The Morgan fingerprint density at radius 2 is 2.05 bits per heavy atom. The smallest absolute Gasteiger partial charge is 0.182 e. The molecule has 102 valence electrons. The van der Waals surface area contributed by atoms with Crippen molar-refractivity contribution in [3.8, 4) is 11.5 Å². The Morgan fingerprint density at radius 1 is 1.20 bits per heavy atom. The molecule has 0 radical (unpaired) electrons. The minimum absolute atomic E-state index is 0.489. The molecule has 0 aliphatic rings. The van der Waals surface area contributed by atoms with Gasteiger partial charge in [-0.05, 0) is 24.5 Å². The maximum Gasteiger partial charge on any atom is 0.182 e. The van der Waals surface area contributed by atoms with E-state index in [2.05, 4.69) is 28.8 Å². The second kappa shape index (κ2) is 4.92. The maximum absolute atomic E-state index is 5.88. The van der Waals surface area contributed by atoms with Gasteiger partial charge in [0.05, 0.1) is 0 Å². The Bertz CT molecular complexity index is 712. The van der Waals surface area contributed by atoms with Crippen LogP contribution in [0.2, 0.25) is 0 Å². The summed E-state index contributed by atoms with van der Waals surface area (Å²) in [5, 5.41) is 0. The van der Waals surface area contributed by atoms with Gasteiger partial charge >= 0.3 is 0 Å². The summed E-state index contributed by atoms with van der Waals surface area (Å²) in [7, 11) is 0. The molecule has 0 saturated carbocycles. The lowest BCUT2D eigenvalue weighted by atomic mass is 10.1. The molecule has 3 rings (SSSR count). The fourth-order valence-corrected chi connectivity index (χ4v) is 2.20. The standard InChI is InChI=1S/C15H17N5/c1-10(2)7-11-8-13(16)19-15(17-11)12-9-20-6-4-3-5-14(20)18-12/h3-6,8-10H,7H2,1-2H3,(H2,16,17,19). The van der Waals surface area contributed by atoms with Gasteiger partial charge in [-0.1, -0.05) is 19.9 Å². The molecular formula is C15H17N5. The van der Waals surface area contributed by atoms with Crippen LogP contribution in [0.5, 0.6) is 0 Å². The molecule has 0 aliphatic carbocycles. The van der Waals surface area contributed by atoms with E-state index >= 15 is 0 Å². The zero-order valence-electron chi connectivity index (χ0n) is 11.6. The lowest BCUT2D eigenvalue weighted by Gasteiger charge is -2.06. The van der Waals surface area contributed by atoms with Crippen LogP contribution in [0.1, 0.15) is 19.5 Å². The van der Waals surface area contributed by atoms with Crippen molar-refractivity contribution >= 4 is 11.5 Å². The first-order valence-corrected chi connectivity index (χ1v) is 6.69. The molecule has 3 heterocycles. The number of pyridine rings is 1. The number of nitrogen functional groups attached to an aromatic ring is 1. The first kappa shape index (κ1) is 12.6. The van der Waals surface area contributed by atoms with Gasteiger partial charge in [0, 0.05) is 24.2 Å². The summed E-state index contributed by atoms with van der Waals surface area (Å²) < 4.78 is 1.95. The average Bonchev–Trinajstić information content (AvgIpc) is 2.80. The molecule has 0 spiro atoms. The van der Waals surface area contributed by atoms with Crippen molar-refractivity contribution in [2.24, 2.45) is 5.92 Å². The number of anilines is 1. The van der Waals surface area contributed by atoms with Gasteiger partial charge < -0.3 is 10.1 Å². The van der Waals surface area contributed by atoms with Crippen LogP contribution >= 0.6 is 0 Å². The van der Waals surface area contributed by atoms with Crippen LogP contribution in [0.4, 0.5) is 5.82 Å². The molecule has 0 bridgehead atoms. The number of nitrogens with two attached hydrogens (primary N) is 1. The lowest BCUT2D eigenvalue weighted by Crippen LogP contribution is -2.03.